The Kier molecular flexibility index (Phi) is 5.20. The van der Waals surface area contributed by atoms with Gasteiger partial charge >= 0.3 is 0 Å². The van der Waals surface area contributed by atoms with E-state index in [1.165, 1.54) is 23.1 Å². The molecule has 1 atom stereocenters. The number of para-hydroxylation sites is 1. The van der Waals surface area contributed by atoms with E-state index in [0.29, 0.717) is 5.13 Å². The van der Waals surface area contributed by atoms with Crippen LogP contribution in [0, 0.1) is 0 Å². The number of thiophene rings is 1. The maximum Gasteiger partial charge on any atom is 0.239 e. The molecule has 0 aliphatic heterocycles. The number of anilines is 1. The molecule has 0 aliphatic rings. The molecular formula is C22H16N4OS3. The topological polar surface area (TPSA) is 67.8 Å². The minimum absolute atomic E-state index is 0.0932. The molecule has 1 unspecified atom stereocenters. The Balaban J connectivity index is 1.36. The second-order valence-electron chi connectivity index (χ2n) is 6.61. The number of rotatable bonds is 5. The molecule has 5 aromatic rings. The van der Waals surface area contributed by atoms with Crippen LogP contribution in [0.3, 0.4) is 0 Å². The molecule has 5 rings (SSSR count). The number of hydrogen-bond acceptors (Lipinski definition) is 7. The van der Waals surface area contributed by atoms with Gasteiger partial charge in [-0.25, -0.2) is 15.0 Å². The molecule has 0 radical (unpaired) electrons. The van der Waals surface area contributed by atoms with Crippen molar-refractivity contribution >= 4 is 65.9 Å². The van der Waals surface area contributed by atoms with E-state index in [9.17, 15) is 4.79 Å². The number of carbonyl (C=O) groups is 1. The van der Waals surface area contributed by atoms with E-state index in [4.69, 9.17) is 0 Å². The number of thiazole rings is 1. The smallest absolute Gasteiger partial charge is 0.239 e. The van der Waals surface area contributed by atoms with Gasteiger partial charge in [0.2, 0.25) is 5.91 Å². The summed E-state index contributed by atoms with van der Waals surface area (Å²) in [6.07, 6.45) is 1.56. The van der Waals surface area contributed by atoms with Crippen molar-refractivity contribution in [2.75, 3.05) is 5.32 Å². The Hall–Kier alpha value is -2.81. The van der Waals surface area contributed by atoms with E-state index in [2.05, 4.69) is 38.5 Å². The van der Waals surface area contributed by atoms with Gasteiger partial charge in [-0.2, -0.15) is 0 Å². The average Bonchev–Trinajstić information content (AvgIpc) is 3.38. The van der Waals surface area contributed by atoms with Crippen LogP contribution in [0.15, 0.2) is 72.0 Å². The SMILES string of the molecule is CC(Sc1ncnc2sc(-c3ccccc3)cc12)C(=O)Nc1nc2ccccc2s1. The Labute approximate surface area is 185 Å². The Morgan fingerprint density at radius 2 is 1.83 bits per heavy atom. The zero-order chi connectivity index (χ0) is 20.5. The van der Waals surface area contributed by atoms with Crippen LogP contribution < -0.4 is 5.32 Å². The summed E-state index contributed by atoms with van der Waals surface area (Å²) in [5.41, 5.74) is 2.04. The molecule has 1 N–H and O–H groups in total. The lowest BCUT2D eigenvalue weighted by Crippen LogP contribution is -2.22. The van der Waals surface area contributed by atoms with E-state index in [1.807, 2.05) is 49.4 Å². The van der Waals surface area contributed by atoms with E-state index in [0.717, 1.165) is 35.9 Å². The fourth-order valence-corrected chi connectivity index (χ4v) is 5.86. The third-order valence-electron chi connectivity index (χ3n) is 4.53. The summed E-state index contributed by atoms with van der Waals surface area (Å²) >= 11 is 4.54. The highest BCUT2D eigenvalue weighted by Gasteiger charge is 2.19. The Morgan fingerprint density at radius 3 is 2.67 bits per heavy atom. The minimum Gasteiger partial charge on any atom is -0.301 e. The molecule has 0 bridgehead atoms. The summed E-state index contributed by atoms with van der Waals surface area (Å²) in [7, 11) is 0. The normalized spacial score (nSPS) is 12.3. The quantitative estimate of drug-likeness (QED) is 0.260. The lowest BCUT2D eigenvalue weighted by atomic mass is 10.2. The molecule has 3 heterocycles. The fourth-order valence-electron chi connectivity index (χ4n) is 3.03. The number of aromatic nitrogens is 3. The highest BCUT2D eigenvalue weighted by Crippen LogP contribution is 2.37. The van der Waals surface area contributed by atoms with Crippen molar-refractivity contribution in [3.8, 4) is 10.4 Å². The predicted molar refractivity (Wildman–Crippen MR) is 126 cm³/mol. The molecule has 5 nitrogen and oxygen atoms in total. The number of hydrogen-bond donors (Lipinski definition) is 1. The molecule has 0 saturated heterocycles. The molecule has 2 aromatic carbocycles. The largest absolute Gasteiger partial charge is 0.301 e. The number of nitrogens with zero attached hydrogens (tertiary/aromatic N) is 3. The molecule has 0 saturated carbocycles. The van der Waals surface area contributed by atoms with Crippen molar-refractivity contribution in [2.45, 2.75) is 17.2 Å². The van der Waals surface area contributed by atoms with Crippen LogP contribution in [0.25, 0.3) is 30.9 Å². The van der Waals surface area contributed by atoms with Crippen molar-refractivity contribution in [1.82, 2.24) is 15.0 Å². The average molecular weight is 449 g/mol. The van der Waals surface area contributed by atoms with Gasteiger partial charge in [-0.1, -0.05) is 65.6 Å². The van der Waals surface area contributed by atoms with E-state index < -0.39 is 0 Å². The number of benzene rings is 2. The molecular weight excluding hydrogens is 432 g/mol. The first kappa shape index (κ1) is 19.2. The van der Waals surface area contributed by atoms with Gasteiger partial charge in [0, 0.05) is 10.3 Å². The molecule has 1 amide bonds. The molecule has 0 aliphatic carbocycles. The van der Waals surface area contributed by atoms with Crippen LogP contribution in [0.2, 0.25) is 0 Å². The van der Waals surface area contributed by atoms with Crippen LogP contribution >= 0.6 is 34.4 Å². The van der Waals surface area contributed by atoms with Gasteiger partial charge in [-0.05, 0) is 30.7 Å². The van der Waals surface area contributed by atoms with Crippen LogP contribution in [0.4, 0.5) is 5.13 Å². The number of amides is 1. The molecule has 30 heavy (non-hydrogen) atoms. The highest BCUT2D eigenvalue weighted by atomic mass is 32.2. The maximum atomic E-state index is 12.8. The van der Waals surface area contributed by atoms with Crippen LogP contribution in [-0.2, 0) is 4.79 Å². The first-order valence-corrected chi connectivity index (χ1v) is 11.8. The highest BCUT2D eigenvalue weighted by molar-refractivity contribution is 8.00. The Morgan fingerprint density at radius 1 is 1.03 bits per heavy atom. The lowest BCUT2D eigenvalue weighted by Gasteiger charge is -2.10. The molecule has 0 fully saturated rings. The first-order chi connectivity index (χ1) is 14.7. The van der Waals surface area contributed by atoms with Crippen LogP contribution in [0.1, 0.15) is 6.92 Å². The van der Waals surface area contributed by atoms with Crippen molar-refractivity contribution in [2.24, 2.45) is 0 Å². The summed E-state index contributed by atoms with van der Waals surface area (Å²) in [6, 6.07) is 20.2. The lowest BCUT2D eigenvalue weighted by molar-refractivity contribution is -0.115. The van der Waals surface area contributed by atoms with Crippen molar-refractivity contribution < 1.29 is 4.79 Å². The summed E-state index contributed by atoms with van der Waals surface area (Å²) in [5, 5.41) is 5.02. The number of thioether (sulfide) groups is 1. The zero-order valence-electron chi connectivity index (χ0n) is 15.9. The van der Waals surface area contributed by atoms with E-state index in [1.54, 1.807) is 17.7 Å². The van der Waals surface area contributed by atoms with Crippen molar-refractivity contribution in [3.05, 3.63) is 67.0 Å². The van der Waals surface area contributed by atoms with Gasteiger partial charge in [-0.15, -0.1) is 11.3 Å². The van der Waals surface area contributed by atoms with Crippen molar-refractivity contribution in [3.63, 3.8) is 0 Å². The summed E-state index contributed by atoms with van der Waals surface area (Å²) < 4.78 is 1.05. The number of nitrogens with one attached hydrogen (secondary N) is 1. The van der Waals surface area contributed by atoms with Crippen LogP contribution in [-0.4, -0.2) is 26.1 Å². The van der Waals surface area contributed by atoms with Gasteiger partial charge in [0.25, 0.3) is 0 Å². The summed E-state index contributed by atoms with van der Waals surface area (Å²) in [5.74, 6) is -0.0932. The van der Waals surface area contributed by atoms with Gasteiger partial charge < -0.3 is 5.32 Å². The first-order valence-electron chi connectivity index (χ1n) is 9.30. The standard InChI is InChI=1S/C22H16N4OS3/c1-13(19(27)26-22-25-16-9-5-6-10-17(16)30-22)28-20-15-11-18(14-7-3-2-4-8-14)29-21(15)24-12-23-20/h2-13H,1H3,(H,25,26,27). The molecule has 8 heteroatoms. The van der Waals surface area contributed by atoms with Crippen LogP contribution in [0.5, 0.6) is 0 Å². The zero-order valence-corrected chi connectivity index (χ0v) is 18.4. The van der Waals surface area contributed by atoms with Gasteiger partial charge in [-0.3, -0.25) is 4.79 Å². The number of carbonyl (C=O) groups excluding carboxylic acids is 1. The molecule has 3 aromatic heterocycles. The molecule has 0 spiro atoms. The second kappa shape index (κ2) is 8.14. The van der Waals surface area contributed by atoms with Gasteiger partial charge in [0.05, 0.1) is 15.5 Å². The summed E-state index contributed by atoms with van der Waals surface area (Å²) in [6.45, 7) is 1.88. The predicted octanol–water partition coefficient (Wildman–Crippen LogP) is 6.09. The minimum atomic E-state index is -0.324. The molecule has 148 valence electrons. The Bertz CT molecular complexity index is 1310. The van der Waals surface area contributed by atoms with Gasteiger partial charge in [0.1, 0.15) is 16.2 Å². The fraction of sp³-hybridized carbons (Fsp3) is 0.0909. The van der Waals surface area contributed by atoms with Crippen molar-refractivity contribution in [1.29, 1.82) is 0 Å². The monoisotopic (exact) mass is 448 g/mol. The third kappa shape index (κ3) is 3.81. The van der Waals surface area contributed by atoms with E-state index >= 15 is 0 Å². The number of fused-ring (bicyclic) bond motifs is 2. The third-order valence-corrected chi connectivity index (χ3v) is 7.69. The maximum absolute atomic E-state index is 12.8. The van der Waals surface area contributed by atoms with E-state index in [-0.39, 0.29) is 11.2 Å². The second-order valence-corrected chi connectivity index (χ2v) is 10.0. The summed E-state index contributed by atoms with van der Waals surface area (Å²) in [4.78, 5) is 28.2. The van der Waals surface area contributed by atoms with Gasteiger partial charge in [0.15, 0.2) is 5.13 Å².